The molecule has 1 saturated carbocycles. The molecule has 1 saturated heterocycles. The second-order valence-electron chi connectivity index (χ2n) is 6.44. The highest BCUT2D eigenvalue weighted by atomic mass is 16.3. The second-order valence-corrected chi connectivity index (χ2v) is 6.44. The van der Waals surface area contributed by atoms with Crippen LogP contribution in [0.4, 0.5) is 0 Å². The quantitative estimate of drug-likeness (QED) is 0.834. The number of hydrogen-bond acceptors (Lipinski definition) is 3. The summed E-state index contributed by atoms with van der Waals surface area (Å²) in [6.45, 7) is 4.39. The lowest BCUT2D eigenvalue weighted by Gasteiger charge is -2.49. The predicted octanol–water partition coefficient (Wildman–Crippen LogP) is 2.45. The predicted molar refractivity (Wildman–Crippen MR) is 82.6 cm³/mol. The Labute approximate surface area is 126 Å². The zero-order chi connectivity index (χ0) is 14.9. The molecule has 1 spiro atoms. The first-order valence-electron chi connectivity index (χ1n) is 7.95. The third kappa shape index (κ3) is 2.64. The van der Waals surface area contributed by atoms with Crippen molar-refractivity contribution in [1.82, 2.24) is 10.2 Å². The van der Waals surface area contributed by atoms with E-state index >= 15 is 0 Å². The van der Waals surface area contributed by atoms with E-state index in [4.69, 9.17) is 0 Å². The average molecular weight is 288 g/mol. The van der Waals surface area contributed by atoms with Gasteiger partial charge in [0.1, 0.15) is 5.75 Å². The number of benzene rings is 1. The molecular weight excluding hydrogens is 264 g/mol. The summed E-state index contributed by atoms with van der Waals surface area (Å²) < 4.78 is 0. The Kier molecular flexibility index (Phi) is 3.89. The lowest BCUT2D eigenvalue weighted by molar-refractivity contribution is 0.0220. The van der Waals surface area contributed by atoms with Crippen LogP contribution in [-0.4, -0.2) is 41.1 Å². The lowest BCUT2D eigenvalue weighted by Crippen LogP contribution is -2.63. The van der Waals surface area contributed by atoms with Crippen LogP contribution < -0.4 is 5.32 Å². The molecule has 0 bridgehead atoms. The summed E-state index contributed by atoms with van der Waals surface area (Å²) in [4.78, 5) is 15.0. The summed E-state index contributed by atoms with van der Waals surface area (Å²) in [7, 11) is 0. The first kappa shape index (κ1) is 14.4. The van der Waals surface area contributed by atoms with E-state index in [2.05, 4.69) is 5.32 Å². The normalized spacial score (nSPS) is 21.5. The van der Waals surface area contributed by atoms with Gasteiger partial charge in [-0.3, -0.25) is 4.79 Å². The number of phenolic OH excluding ortho intramolecular Hbond substituents is 1. The van der Waals surface area contributed by atoms with Gasteiger partial charge in [-0.05, 0) is 31.9 Å². The molecule has 1 aliphatic carbocycles. The molecule has 1 heterocycles. The van der Waals surface area contributed by atoms with E-state index in [0.717, 1.165) is 38.0 Å². The fourth-order valence-electron chi connectivity index (χ4n) is 3.78. The van der Waals surface area contributed by atoms with Gasteiger partial charge in [-0.1, -0.05) is 30.9 Å². The first-order valence-corrected chi connectivity index (χ1v) is 7.95. The Morgan fingerprint density at radius 3 is 2.81 bits per heavy atom. The highest BCUT2D eigenvalue weighted by molar-refractivity contribution is 5.97. The summed E-state index contributed by atoms with van der Waals surface area (Å²) in [5.74, 6) is 0.0784. The van der Waals surface area contributed by atoms with Crippen molar-refractivity contribution >= 4 is 5.91 Å². The Morgan fingerprint density at radius 1 is 1.29 bits per heavy atom. The van der Waals surface area contributed by atoms with Crippen molar-refractivity contribution in [2.24, 2.45) is 0 Å². The van der Waals surface area contributed by atoms with Crippen molar-refractivity contribution in [3.63, 3.8) is 0 Å². The Balaban J connectivity index is 1.92. The number of hydrogen-bond donors (Lipinski definition) is 2. The maximum Gasteiger partial charge on any atom is 0.258 e. The number of rotatable bonds is 1. The highest BCUT2D eigenvalue weighted by Crippen LogP contribution is 2.36. The molecule has 4 heteroatoms. The molecule has 1 aliphatic heterocycles. The van der Waals surface area contributed by atoms with Gasteiger partial charge < -0.3 is 15.3 Å². The number of aromatic hydroxyl groups is 1. The van der Waals surface area contributed by atoms with Crippen molar-refractivity contribution < 1.29 is 9.90 Å². The van der Waals surface area contributed by atoms with Crippen LogP contribution in [0.1, 0.15) is 48.0 Å². The van der Waals surface area contributed by atoms with Crippen LogP contribution >= 0.6 is 0 Å². The number of aryl methyl sites for hydroxylation is 1. The molecule has 1 aromatic rings. The van der Waals surface area contributed by atoms with Crippen molar-refractivity contribution in [2.75, 3.05) is 19.6 Å². The molecule has 2 N–H and O–H groups in total. The molecule has 4 nitrogen and oxygen atoms in total. The summed E-state index contributed by atoms with van der Waals surface area (Å²) in [6.07, 6.45) is 5.77. The third-order valence-corrected chi connectivity index (χ3v) is 4.95. The number of phenols is 1. The van der Waals surface area contributed by atoms with Gasteiger partial charge in [0.15, 0.2) is 0 Å². The van der Waals surface area contributed by atoms with Crippen molar-refractivity contribution in [3.8, 4) is 5.75 Å². The zero-order valence-electron chi connectivity index (χ0n) is 12.7. The number of nitrogens with one attached hydrogen (secondary N) is 1. The van der Waals surface area contributed by atoms with Gasteiger partial charge >= 0.3 is 0 Å². The molecule has 0 aromatic heterocycles. The monoisotopic (exact) mass is 288 g/mol. The van der Waals surface area contributed by atoms with Crippen LogP contribution in [0.2, 0.25) is 0 Å². The molecule has 3 rings (SSSR count). The van der Waals surface area contributed by atoms with Crippen LogP contribution in [0, 0.1) is 6.92 Å². The van der Waals surface area contributed by atoms with Crippen LogP contribution in [0.5, 0.6) is 5.75 Å². The molecule has 0 radical (unpaired) electrons. The minimum Gasteiger partial charge on any atom is -0.507 e. The SMILES string of the molecule is Cc1ccc(O)c(C(=O)N2CCNCC23CCCCC3)c1. The average Bonchev–Trinajstić information content (AvgIpc) is 2.50. The summed E-state index contributed by atoms with van der Waals surface area (Å²) in [5, 5.41) is 13.5. The van der Waals surface area contributed by atoms with E-state index in [9.17, 15) is 9.90 Å². The standard InChI is InChI=1S/C17H24N2O2/c1-13-5-6-15(20)14(11-13)16(21)19-10-9-18-12-17(19)7-3-2-4-8-17/h5-6,11,18,20H,2-4,7-10,12H2,1H3. The fourth-order valence-corrected chi connectivity index (χ4v) is 3.78. The van der Waals surface area contributed by atoms with Gasteiger partial charge in [-0.25, -0.2) is 0 Å². The minimum absolute atomic E-state index is 0.0143. The highest BCUT2D eigenvalue weighted by Gasteiger charge is 2.42. The maximum absolute atomic E-state index is 13.0. The first-order chi connectivity index (χ1) is 10.1. The summed E-state index contributed by atoms with van der Waals surface area (Å²) in [5.41, 5.74) is 1.40. The Morgan fingerprint density at radius 2 is 2.05 bits per heavy atom. The minimum atomic E-state index is -0.0518. The van der Waals surface area contributed by atoms with Crippen molar-refractivity contribution in [1.29, 1.82) is 0 Å². The number of nitrogens with zero attached hydrogens (tertiary/aromatic N) is 1. The Hall–Kier alpha value is -1.55. The topological polar surface area (TPSA) is 52.6 Å². The number of carbonyl (C=O) groups excluding carboxylic acids is 1. The van der Waals surface area contributed by atoms with Gasteiger partial charge in [0.05, 0.1) is 11.1 Å². The summed E-state index contributed by atoms with van der Waals surface area (Å²) >= 11 is 0. The van der Waals surface area contributed by atoms with Crippen molar-refractivity contribution in [2.45, 2.75) is 44.6 Å². The molecule has 0 unspecified atom stereocenters. The molecule has 2 aliphatic rings. The smallest absolute Gasteiger partial charge is 0.258 e. The van der Waals surface area contributed by atoms with Crippen LogP contribution in [0.25, 0.3) is 0 Å². The fraction of sp³-hybridized carbons (Fsp3) is 0.588. The van der Waals surface area contributed by atoms with Crippen LogP contribution in [0.3, 0.4) is 0 Å². The van der Waals surface area contributed by atoms with Gasteiger partial charge in [0.2, 0.25) is 0 Å². The maximum atomic E-state index is 13.0. The van der Waals surface area contributed by atoms with Crippen LogP contribution in [-0.2, 0) is 0 Å². The molecule has 2 fully saturated rings. The van der Waals surface area contributed by atoms with Gasteiger partial charge in [-0.2, -0.15) is 0 Å². The number of piperazine rings is 1. The molecule has 1 amide bonds. The van der Waals surface area contributed by atoms with Gasteiger partial charge in [-0.15, -0.1) is 0 Å². The molecule has 0 atom stereocenters. The number of carbonyl (C=O) groups is 1. The molecular formula is C17H24N2O2. The second kappa shape index (κ2) is 5.68. The molecule has 114 valence electrons. The van der Waals surface area contributed by atoms with E-state index in [1.807, 2.05) is 17.9 Å². The third-order valence-electron chi connectivity index (χ3n) is 4.95. The van der Waals surface area contributed by atoms with Crippen molar-refractivity contribution in [3.05, 3.63) is 29.3 Å². The lowest BCUT2D eigenvalue weighted by atomic mass is 9.78. The summed E-state index contributed by atoms with van der Waals surface area (Å²) in [6, 6.07) is 5.26. The largest absolute Gasteiger partial charge is 0.507 e. The van der Waals surface area contributed by atoms with Crippen LogP contribution in [0.15, 0.2) is 18.2 Å². The van der Waals surface area contributed by atoms with E-state index in [1.165, 1.54) is 19.3 Å². The molecule has 1 aromatic carbocycles. The zero-order valence-corrected chi connectivity index (χ0v) is 12.7. The van der Waals surface area contributed by atoms with E-state index < -0.39 is 0 Å². The van der Waals surface area contributed by atoms with E-state index in [-0.39, 0.29) is 17.2 Å². The van der Waals surface area contributed by atoms with E-state index in [1.54, 1.807) is 12.1 Å². The number of amides is 1. The van der Waals surface area contributed by atoms with Gasteiger partial charge in [0, 0.05) is 19.6 Å². The van der Waals surface area contributed by atoms with E-state index in [0.29, 0.717) is 5.56 Å². The Bertz CT molecular complexity index is 527. The van der Waals surface area contributed by atoms with Gasteiger partial charge in [0.25, 0.3) is 5.91 Å². The molecule has 21 heavy (non-hydrogen) atoms.